The van der Waals surface area contributed by atoms with Crippen LogP contribution in [0.25, 0.3) is 10.2 Å². The number of thiazole rings is 1. The van der Waals surface area contributed by atoms with Crippen LogP contribution in [-0.4, -0.2) is 69.4 Å². The average Bonchev–Trinajstić information content (AvgIpc) is 3.22. The van der Waals surface area contributed by atoms with Crippen LogP contribution < -0.4 is 4.90 Å². The van der Waals surface area contributed by atoms with E-state index in [1.165, 1.54) is 17.4 Å². The molecule has 0 saturated carbocycles. The molecule has 0 atom stereocenters. The standard InChI is InChI=1S/C23H27N3O4S2/c1-3-32(28,29)21-7-5-4-6-18(21)22(27)26(11-10-25-12-14-30-15-13-25)23-24-19-9-8-17(2)16-20(19)31-23/h4-9,16H,3,10-15H2,1-2H3. The molecule has 0 unspecified atom stereocenters. The van der Waals surface area contributed by atoms with Crippen LogP contribution in [0.15, 0.2) is 47.4 Å². The van der Waals surface area contributed by atoms with E-state index in [4.69, 9.17) is 9.72 Å². The van der Waals surface area contributed by atoms with Crippen molar-refractivity contribution in [2.75, 3.05) is 50.0 Å². The number of ether oxygens (including phenoxy) is 1. The molecule has 170 valence electrons. The van der Waals surface area contributed by atoms with E-state index in [1.54, 1.807) is 30.0 Å². The second-order valence-electron chi connectivity index (χ2n) is 7.78. The van der Waals surface area contributed by atoms with Crippen molar-refractivity contribution in [2.24, 2.45) is 0 Å². The van der Waals surface area contributed by atoms with Gasteiger partial charge in [0, 0.05) is 26.2 Å². The van der Waals surface area contributed by atoms with Crippen LogP contribution in [0.3, 0.4) is 0 Å². The maximum Gasteiger partial charge on any atom is 0.261 e. The number of benzene rings is 2. The number of aromatic nitrogens is 1. The first-order valence-corrected chi connectivity index (χ1v) is 13.2. The first-order valence-electron chi connectivity index (χ1n) is 10.7. The molecule has 32 heavy (non-hydrogen) atoms. The summed E-state index contributed by atoms with van der Waals surface area (Å²) in [6.45, 7) is 7.64. The van der Waals surface area contributed by atoms with E-state index in [1.807, 2.05) is 19.1 Å². The lowest BCUT2D eigenvalue weighted by atomic mass is 10.2. The molecule has 2 aromatic carbocycles. The molecule has 1 fully saturated rings. The van der Waals surface area contributed by atoms with Crippen molar-refractivity contribution in [1.82, 2.24) is 9.88 Å². The number of anilines is 1. The molecule has 1 aliphatic rings. The monoisotopic (exact) mass is 473 g/mol. The smallest absolute Gasteiger partial charge is 0.261 e. The minimum Gasteiger partial charge on any atom is -0.379 e. The van der Waals surface area contributed by atoms with Gasteiger partial charge >= 0.3 is 0 Å². The van der Waals surface area contributed by atoms with Crippen molar-refractivity contribution in [3.05, 3.63) is 53.6 Å². The van der Waals surface area contributed by atoms with Crippen molar-refractivity contribution < 1.29 is 17.9 Å². The van der Waals surface area contributed by atoms with Crippen molar-refractivity contribution >= 4 is 42.4 Å². The molecule has 4 rings (SSSR count). The Morgan fingerprint density at radius 3 is 2.69 bits per heavy atom. The quantitative estimate of drug-likeness (QED) is 0.523. The number of nitrogens with zero attached hydrogens (tertiary/aromatic N) is 3. The topological polar surface area (TPSA) is 79.8 Å². The molecule has 0 bridgehead atoms. The predicted octanol–water partition coefficient (Wildman–Crippen LogP) is 3.38. The van der Waals surface area contributed by atoms with E-state index in [9.17, 15) is 13.2 Å². The summed E-state index contributed by atoms with van der Waals surface area (Å²) in [6, 6.07) is 12.4. The van der Waals surface area contributed by atoms with Gasteiger partial charge in [-0.25, -0.2) is 13.4 Å². The van der Waals surface area contributed by atoms with Gasteiger partial charge in [0.25, 0.3) is 5.91 Å². The Kier molecular flexibility index (Phi) is 6.90. The summed E-state index contributed by atoms with van der Waals surface area (Å²) in [5.41, 5.74) is 2.14. The number of rotatable bonds is 7. The zero-order valence-electron chi connectivity index (χ0n) is 18.3. The third kappa shape index (κ3) is 4.85. The number of hydrogen-bond donors (Lipinski definition) is 0. The SMILES string of the molecule is CCS(=O)(=O)c1ccccc1C(=O)N(CCN1CCOCC1)c1nc2ccc(C)cc2s1. The fourth-order valence-corrected chi connectivity index (χ4v) is 5.88. The maximum atomic E-state index is 13.7. The molecule has 0 N–H and O–H groups in total. The molecular formula is C23H27N3O4S2. The Bertz CT molecular complexity index is 1220. The molecule has 1 amide bonds. The van der Waals surface area contributed by atoms with Crippen LogP contribution in [-0.2, 0) is 14.6 Å². The van der Waals surface area contributed by atoms with Crippen LogP contribution >= 0.6 is 11.3 Å². The molecule has 0 aliphatic carbocycles. The van der Waals surface area contributed by atoms with Crippen molar-refractivity contribution in [1.29, 1.82) is 0 Å². The maximum absolute atomic E-state index is 13.7. The number of carbonyl (C=O) groups excluding carboxylic acids is 1. The highest BCUT2D eigenvalue weighted by atomic mass is 32.2. The highest BCUT2D eigenvalue weighted by Gasteiger charge is 2.27. The van der Waals surface area contributed by atoms with E-state index in [0.29, 0.717) is 31.4 Å². The number of hydrogen-bond acceptors (Lipinski definition) is 7. The lowest BCUT2D eigenvalue weighted by Gasteiger charge is -2.29. The Balaban J connectivity index is 1.72. The van der Waals surface area contributed by atoms with Crippen molar-refractivity contribution in [3.8, 4) is 0 Å². The average molecular weight is 474 g/mol. The first-order chi connectivity index (χ1) is 15.4. The minimum atomic E-state index is -3.55. The lowest BCUT2D eigenvalue weighted by Crippen LogP contribution is -2.43. The van der Waals surface area contributed by atoms with Gasteiger partial charge < -0.3 is 4.74 Å². The molecular weight excluding hydrogens is 446 g/mol. The summed E-state index contributed by atoms with van der Waals surface area (Å²) in [5.74, 6) is -0.410. The molecule has 2 heterocycles. The van der Waals surface area contributed by atoms with Crippen LogP contribution in [0.4, 0.5) is 5.13 Å². The van der Waals surface area contributed by atoms with Gasteiger partial charge in [0.2, 0.25) is 0 Å². The summed E-state index contributed by atoms with van der Waals surface area (Å²) >= 11 is 1.45. The van der Waals surface area contributed by atoms with Crippen LogP contribution in [0, 0.1) is 6.92 Å². The van der Waals surface area contributed by atoms with Gasteiger partial charge in [-0.2, -0.15) is 0 Å². The van der Waals surface area contributed by atoms with Crippen molar-refractivity contribution in [2.45, 2.75) is 18.7 Å². The summed E-state index contributed by atoms with van der Waals surface area (Å²) in [6.07, 6.45) is 0. The van der Waals surface area contributed by atoms with Gasteiger partial charge in [-0.3, -0.25) is 14.6 Å². The van der Waals surface area contributed by atoms with E-state index >= 15 is 0 Å². The highest BCUT2D eigenvalue weighted by Crippen LogP contribution is 2.31. The molecule has 1 aromatic heterocycles. The van der Waals surface area contributed by atoms with Crippen LogP contribution in [0.2, 0.25) is 0 Å². The van der Waals surface area contributed by atoms with E-state index < -0.39 is 9.84 Å². The largest absolute Gasteiger partial charge is 0.379 e. The molecule has 7 nitrogen and oxygen atoms in total. The first kappa shape index (κ1) is 22.8. The fraction of sp³-hybridized carbons (Fsp3) is 0.391. The van der Waals surface area contributed by atoms with Gasteiger partial charge in [-0.05, 0) is 36.8 Å². The number of aryl methyl sites for hydroxylation is 1. The van der Waals surface area contributed by atoms with Gasteiger partial charge in [-0.15, -0.1) is 0 Å². The Labute approximate surface area is 192 Å². The molecule has 1 saturated heterocycles. The zero-order valence-corrected chi connectivity index (χ0v) is 19.9. The summed E-state index contributed by atoms with van der Waals surface area (Å²) < 4.78 is 31.8. The summed E-state index contributed by atoms with van der Waals surface area (Å²) in [5, 5.41) is 0.576. The third-order valence-electron chi connectivity index (χ3n) is 5.58. The second kappa shape index (κ2) is 9.66. The Morgan fingerprint density at radius 2 is 1.94 bits per heavy atom. The van der Waals surface area contributed by atoms with E-state index in [-0.39, 0.29) is 22.1 Å². The molecule has 0 spiro atoms. The number of sulfone groups is 1. The van der Waals surface area contributed by atoms with Gasteiger partial charge in [0.05, 0.1) is 39.6 Å². The summed E-state index contributed by atoms with van der Waals surface area (Å²) in [7, 11) is -3.55. The minimum absolute atomic E-state index is 0.0640. The number of morpholine rings is 1. The third-order valence-corrected chi connectivity index (χ3v) is 8.41. The Hall–Kier alpha value is -2.33. The van der Waals surface area contributed by atoms with E-state index in [2.05, 4.69) is 11.0 Å². The van der Waals surface area contributed by atoms with E-state index in [0.717, 1.165) is 28.9 Å². The highest BCUT2D eigenvalue weighted by molar-refractivity contribution is 7.91. The van der Waals surface area contributed by atoms with Gasteiger partial charge in [0.15, 0.2) is 15.0 Å². The molecule has 1 aliphatic heterocycles. The molecule has 0 radical (unpaired) electrons. The number of amides is 1. The lowest BCUT2D eigenvalue weighted by molar-refractivity contribution is 0.0391. The number of carbonyl (C=O) groups is 1. The summed E-state index contributed by atoms with van der Waals surface area (Å²) in [4.78, 5) is 22.4. The van der Waals surface area contributed by atoms with Gasteiger partial charge in [0.1, 0.15) is 0 Å². The van der Waals surface area contributed by atoms with Crippen LogP contribution in [0.5, 0.6) is 0 Å². The predicted molar refractivity (Wildman–Crippen MR) is 127 cm³/mol. The molecule has 9 heteroatoms. The fourth-order valence-electron chi connectivity index (χ4n) is 3.70. The van der Waals surface area contributed by atoms with Crippen molar-refractivity contribution in [3.63, 3.8) is 0 Å². The van der Waals surface area contributed by atoms with Gasteiger partial charge in [-0.1, -0.05) is 36.5 Å². The second-order valence-corrected chi connectivity index (χ2v) is 11.0. The zero-order chi connectivity index (χ0) is 22.7. The number of fused-ring (bicyclic) bond motifs is 1. The van der Waals surface area contributed by atoms with Crippen LogP contribution in [0.1, 0.15) is 22.8 Å². The molecule has 3 aromatic rings. The Morgan fingerprint density at radius 1 is 1.19 bits per heavy atom. The normalized spacial score (nSPS) is 15.2.